The highest BCUT2D eigenvalue weighted by Gasteiger charge is 2.07. The number of hydrogen-bond donors (Lipinski definition) is 1. The number of carbonyl (C=O) groups is 1. The summed E-state index contributed by atoms with van der Waals surface area (Å²) in [6.45, 7) is 0. The lowest BCUT2D eigenvalue weighted by Crippen LogP contribution is -1.96. The van der Waals surface area contributed by atoms with E-state index in [9.17, 15) is 4.79 Å². The topological polar surface area (TPSA) is 50.2 Å². The molecular weight excluding hydrogens is 246 g/mol. The molecule has 14 heavy (non-hydrogen) atoms. The Morgan fingerprint density at radius 3 is 2.93 bits per heavy atom. The first-order valence-electron chi connectivity index (χ1n) is 3.96. The normalized spacial score (nSPS) is 10.4. The van der Waals surface area contributed by atoms with Gasteiger partial charge in [-0.1, -0.05) is 22.0 Å². The van der Waals surface area contributed by atoms with Crippen LogP contribution in [0.1, 0.15) is 10.4 Å². The molecule has 70 valence electrons. The molecule has 0 unspecified atom stereocenters. The van der Waals surface area contributed by atoms with Crippen molar-refractivity contribution in [1.29, 1.82) is 0 Å². The number of nitrogens with zero attached hydrogens (tertiary/aromatic N) is 1. The van der Waals surface area contributed by atoms with Crippen molar-refractivity contribution >= 4 is 32.8 Å². The van der Waals surface area contributed by atoms with Gasteiger partial charge in [-0.3, -0.25) is 4.98 Å². The first-order valence-corrected chi connectivity index (χ1v) is 4.75. The van der Waals surface area contributed by atoms with Crippen LogP contribution in [0, 0.1) is 0 Å². The molecule has 1 aromatic carbocycles. The van der Waals surface area contributed by atoms with E-state index in [1.807, 2.05) is 12.1 Å². The lowest BCUT2D eigenvalue weighted by Gasteiger charge is -2.01. The highest BCUT2D eigenvalue weighted by atomic mass is 79.9. The van der Waals surface area contributed by atoms with Gasteiger partial charge in [-0.15, -0.1) is 0 Å². The zero-order valence-electron chi connectivity index (χ0n) is 7.07. The van der Waals surface area contributed by atoms with E-state index in [4.69, 9.17) is 5.11 Å². The van der Waals surface area contributed by atoms with Gasteiger partial charge in [0.25, 0.3) is 0 Å². The van der Waals surface area contributed by atoms with Crippen LogP contribution in [0.4, 0.5) is 0 Å². The van der Waals surface area contributed by atoms with Crippen molar-refractivity contribution in [2.75, 3.05) is 0 Å². The standard InChI is InChI=1S/C10H6BrNO2/c11-8-4-6(10(13)14)5-9-7(8)2-1-3-12-9/h1-5H,(H,13,14). The number of aromatic nitrogens is 1. The molecule has 0 aliphatic rings. The fraction of sp³-hybridized carbons (Fsp3) is 0. The van der Waals surface area contributed by atoms with Gasteiger partial charge in [-0.25, -0.2) is 4.79 Å². The maximum absolute atomic E-state index is 10.7. The summed E-state index contributed by atoms with van der Waals surface area (Å²) in [7, 11) is 0. The third-order valence-electron chi connectivity index (χ3n) is 1.92. The van der Waals surface area contributed by atoms with Crippen molar-refractivity contribution in [3.8, 4) is 0 Å². The molecule has 4 heteroatoms. The van der Waals surface area contributed by atoms with Crippen molar-refractivity contribution < 1.29 is 9.90 Å². The molecule has 1 N–H and O–H groups in total. The Balaban J connectivity index is 2.78. The zero-order chi connectivity index (χ0) is 10.1. The Morgan fingerprint density at radius 1 is 1.43 bits per heavy atom. The summed E-state index contributed by atoms with van der Waals surface area (Å²) < 4.78 is 0.750. The molecule has 2 rings (SSSR count). The van der Waals surface area contributed by atoms with E-state index < -0.39 is 5.97 Å². The fourth-order valence-electron chi connectivity index (χ4n) is 1.26. The molecule has 0 saturated carbocycles. The minimum Gasteiger partial charge on any atom is -0.478 e. The maximum Gasteiger partial charge on any atom is 0.335 e. The van der Waals surface area contributed by atoms with Gasteiger partial charge in [0.2, 0.25) is 0 Å². The third kappa shape index (κ3) is 1.48. The van der Waals surface area contributed by atoms with Gasteiger partial charge in [0.1, 0.15) is 0 Å². The van der Waals surface area contributed by atoms with Gasteiger partial charge in [0.15, 0.2) is 0 Å². The van der Waals surface area contributed by atoms with Crippen LogP contribution in [0.25, 0.3) is 10.9 Å². The molecule has 0 spiro atoms. The van der Waals surface area contributed by atoms with Crippen LogP contribution in [-0.2, 0) is 0 Å². The number of aromatic carboxylic acids is 1. The SMILES string of the molecule is O=C(O)c1cc(Br)c2cccnc2c1. The van der Waals surface area contributed by atoms with Crippen LogP contribution in [0.3, 0.4) is 0 Å². The molecule has 1 heterocycles. The monoisotopic (exact) mass is 251 g/mol. The van der Waals surface area contributed by atoms with Crippen LogP contribution >= 0.6 is 15.9 Å². The quantitative estimate of drug-likeness (QED) is 0.848. The van der Waals surface area contributed by atoms with E-state index in [0.29, 0.717) is 5.52 Å². The highest BCUT2D eigenvalue weighted by Crippen LogP contribution is 2.24. The first kappa shape index (κ1) is 9.15. The Bertz CT molecular complexity index is 510. The van der Waals surface area contributed by atoms with E-state index in [-0.39, 0.29) is 5.56 Å². The van der Waals surface area contributed by atoms with Gasteiger partial charge >= 0.3 is 5.97 Å². The molecule has 0 bridgehead atoms. The summed E-state index contributed by atoms with van der Waals surface area (Å²) in [5.74, 6) is -0.946. The molecule has 3 nitrogen and oxygen atoms in total. The average molecular weight is 252 g/mol. The molecule has 0 aliphatic carbocycles. The summed E-state index contributed by atoms with van der Waals surface area (Å²) >= 11 is 3.31. The molecule has 0 radical (unpaired) electrons. The van der Waals surface area contributed by atoms with E-state index in [1.54, 1.807) is 18.3 Å². The smallest absolute Gasteiger partial charge is 0.335 e. The fourth-order valence-corrected chi connectivity index (χ4v) is 1.84. The van der Waals surface area contributed by atoms with Gasteiger partial charge in [0.05, 0.1) is 11.1 Å². The lowest BCUT2D eigenvalue weighted by atomic mass is 10.1. The highest BCUT2D eigenvalue weighted by molar-refractivity contribution is 9.10. The summed E-state index contributed by atoms with van der Waals surface area (Å²) in [4.78, 5) is 14.8. The molecule has 0 saturated heterocycles. The Morgan fingerprint density at radius 2 is 2.21 bits per heavy atom. The van der Waals surface area contributed by atoms with E-state index in [1.165, 1.54) is 0 Å². The number of pyridine rings is 1. The predicted molar refractivity (Wildman–Crippen MR) is 56.4 cm³/mol. The second-order valence-electron chi connectivity index (χ2n) is 2.83. The van der Waals surface area contributed by atoms with Crippen LogP contribution < -0.4 is 0 Å². The molecule has 0 atom stereocenters. The van der Waals surface area contributed by atoms with Crippen LogP contribution in [0.5, 0.6) is 0 Å². The lowest BCUT2D eigenvalue weighted by molar-refractivity contribution is 0.0697. The minimum atomic E-state index is -0.946. The van der Waals surface area contributed by atoms with Crippen molar-refractivity contribution in [1.82, 2.24) is 4.98 Å². The second-order valence-corrected chi connectivity index (χ2v) is 3.69. The van der Waals surface area contributed by atoms with Crippen molar-refractivity contribution in [3.05, 3.63) is 40.5 Å². The predicted octanol–water partition coefficient (Wildman–Crippen LogP) is 2.70. The Hall–Kier alpha value is -1.42. The number of benzene rings is 1. The molecular formula is C10H6BrNO2. The third-order valence-corrected chi connectivity index (χ3v) is 2.57. The average Bonchev–Trinajstić information content (AvgIpc) is 2.17. The number of hydrogen-bond acceptors (Lipinski definition) is 2. The summed E-state index contributed by atoms with van der Waals surface area (Å²) in [5.41, 5.74) is 0.919. The van der Waals surface area contributed by atoms with E-state index >= 15 is 0 Å². The van der Waals surface area contributed by atoms with Crippen LogP contribution in [0.15, 0.2) is 34.9 Å². The van der Waals surface area contributed by atoms with Crippen molar-refractivity contribution in [2.24, 2.45) is 0 Å². The van der Waals surface area contributed by atoms with Crippen LogP contribution in [-0.4, -0.2) is 16.1 Å². The summed E-state index contributed by atoms with van der Waals surface area (Å²) in [6, 6.07) is 6.83. The van der Waals surface area contributed by atoms with Gasteiger partial charge in [-0.2, -0.15) is 0 Å². The molecule has 2 aromatic rings. The largest absolute Gasteiger partial charge is 0.478 e. The number of rotatable bonds is 1. The van der Waals surface area contributed by atoms with Crippen LogP contribution in [0.2, 0.25) is 0 Å². The van der Waals surface area contributed by atoms with E-state index in [2.05, 4.69) is 20.9 Å². The zero-order valence-corrected chi connectivity index (χ0v) is 8.65. The van der Waals surface area contributed by atoms with E-state index in [0.717, 1.165) is 9.86 Å². The number of fused-ring (bicyclic) bond motifs is 1. The summed E-state index contributed by atoms with van der Waals surface area (Å²) in [6.07, 6.45) is 1.64. The van der Waals surface area contributed by atoms with Crippen molar-refractivity contribution in [3.63, 3.8) is 0 Å². The Kier molecular flexibility index (Phi) is 2.21. The first-order chi connectivity index (χ1) is 6.68. The molecule has 0 amide bonds. The number of carboxylic acid groups (broad SMARTS) is 1. The van der Waals surface area contributed by atoms with Crippen molar-refractivity contribution in [2.45, 2.75) is 0 Å². The van der Waals surface area contributed by atoms with Gasteiger partial charge < -0.3 is 5.11 Å². The van der Waals surface area contributed by atoms with Gasteiger partial charge in [-0.05, 0) is 18.2 Å². The molecule has 0 aliphatic heterocycles. The maximum atomic E-state index is 10.7. The summed E-state index contributed by atoms with van der Waals surface area (Å²) in [5, 5.41) is 9.73. The number of carboxylic acids is 1. The molecule has 1 aromatic heterocycles. The Labute approximate surface area is 88.5 Å². The second kappa shape index (κ2) is 3.38. The number of halogens is 1. The minimum absolute atomic E-state index is 0.239. The molecule has 0 fully saturated rings. The van der Waals surface area contributed by atoms with Gasteiger partial charge in [0, 0.05) is 16.1 Å².